The Kier molecular flexibility index (Phi) is 7.29. The number of hydrogen-bond donors (Lipinski definition) is 2. The van der Waals surface area contributed by atoms with Crippen molar-refractivity contribution in [2.75, 3.05) is 50.7 Å². The molecule has 4 rings (SSSR count). The van der Waals surface area contributed by atoms with Crippen LogP contribution in [-0.4, -0.2) is 79.0 Å². The minimum absolute atomic E-state index is 0.0125. The second-order valence-corrected chi connectivity index (χ2v) is 9.15. The summed E-state index contributed by atoms with van der Waals surface area (Å²) in [5.41, 5.74) is 0.622. The van der Waals surface area contributed by atoms with Gasteiger partial charge in [-0.2, -0.15) is 0 Å². The lowest BCUT2D eigenvalue weighted by molar-refractivity contribution is -0.131. The molecule has 2 heterocycles. The van der Waals surface area contributed by atoms with Gasteiger partial charge >= 0.3 is 6.03 Å². The Bertz CT molecular complexity index is 801. The van der Waals surface area contributed by atoms with E-state index in [9.17, 15) is 14.4 Å². The number of rotatable bonds is 9. The summed E-state index contributed by atoms with van der Waals surface area (Å²) in [6.07, 6.45) is 5.18. The van der Waals surface area contributed by atoms with Gasteiger partial charge in [-0.1, -0.05) is 31.0 Å². The van der Waals surface area contributed by atoms with Gasteiger partial charge in [-0.05, 0) is 44.4 Å². The monoisotopic (exact) mass is 441 g/mol. The smallest absolute Gasteiger partial charge is 0.325 e. The molecule has 8 heteroatoms. The highest BCUT2D eigenvalue weighted by atomic mass is 16.2. The summed E-state index contributed by atoms with van der Waals surface area (Å²) in [6.45, 7) is 6.08. The highest BCUT2D eigenvalue weighted by Gasteiger charge is 2.52. The summed E-state index contributed by atoms with van der Waals surface area (Å²) >= 11 is 0. The molecule has 1 saturated carbocycles. The van der Waals surface area contributed by atoms with Gasteiger partial charge in [0.1, 0.15) is 5.54 Å². The number of imide groups is 1. The molecule has 3 fully saturated rings. The maximum atomic E-state index is 12.6. The topological polar surface area (TPSA) is 85.0 Å². The summed E-state index contributed by atoms with van der Waals surface area (Å²) in [7, 11) is 0. The Hall–Kier alpha value is -2.61. The fourth-order valence-electron chi connectivity index (χ4n) is 5.08. The SMILES string of the molecule is O=C(CCCN1C(=O)NC2(CCCC2)C1=O)NCCCN1CCN(c2ccccc2)CC1. The van der Waals surface area contributed by atoms with Crippen LogP contribution in [0.4, 0.5) is 10.5 Å². The Labute approximate surface area is 190 Å². The molecule has 4 amide bonds. The second-order valence-electron chi connectivity index (χ2n) is 9.15. The molecule has 2 aliphatic heterocycles. The van der Waals surface area contributed by atoms with E-state index in [0.29, 0.717) is 25.9 Å². The van der Waals surface area contributed by atoms with E-state index in [-0.39, 0.29) is 17.8 Å². The van der Waals surface area contributed by atoms with E-state index in [1.807, 2.05) is 6.07 Å². The van der Waals surface area contributed by atoms with Gasteiger partial charge in [-0.15, -0.1) is 0 Å². The Morgan fingerprint density at radius 2 is 1.69 bits per heavy atom. The van der Waals surface area contributed by atoms with E-state index in [1.165, 1.54) is 10.6 Å². The third-order valence-corrected chi connectivity index (χ3v) is 6.96. The number of anilines is 1. The normalized spacial score (nSPS) is 20.8. The summed E-state index contributed by atoms with van der Waals surface area (Å²) in [6, 6.07) is 10.2. The molecular weight excluding hydrogens is 406 g/mol. The number of benzene rings is 1. The van der Waals surface area contributed by atoms with Gasteiger partial charge in [0.05, 0.1) is 0 Å². The summed E-state index contributed by atoms with van der Waals surface area (Å²) in [4.78, 5) is 43.1. The molecule has 1 aromatic carbocycles. The van der Waals surface area contributed by atoms with Crippen LogP contribution in [0, 0.1) is 0 Å². The Morgan fingerprint density at radius 1 is 0.969 bits per heavy atom. The van der Waals surface area contributed by atoms with Crippen molar-refractivity contribution in [1.29, 1.82) is 0 Å². The molecular formula is C24H35N5O3. The van der Waals surface area contributed by atoms with Gasteiger partial charge in [0.2, 0.25) is 5.91 Å². The molecule has 1 aromatic rings. The number of para-hydroxylation sites is 1. The van der Waals surface area contributed by atoms with Crippen LogP contribution < -0.4 is 15.5 Å². The van der Waals surface area contributed by atoms with E-state index in [4.69, 9.17) is 0 Å². The van der Waals surface area contributed by atoms with E-state index in [1.54, 1.807) is 0 Å². The molecule has 32 heavy (non-hydrogen) atoms. The summed E-state index contributed by atoms with van der Waals surface area (Å²) < 4.78 is 0. The molecule has 0 atom stereocenters. The number of nitrogens with one attached hydrogen (secondary N) is 2. The Balaban J connectivity index is 1.06. The van der Waals surface area contributed by atoms with Crippen molar-refractivity contribution in [2.45, 2.75) is 50.5 Å². The third kappa shape index (κ3) is 5.23. The minimum Gasteiger partial charge on any atom is -0.369 e. The number of carbonyl (C=O) groups is 3. The zero-order valence-corrected chi connectivity index (χ0v) is 18.9. The molecule has 0 radical (unpaired) electrons. The van der Waals surface area contributed by atoms with Crippen LogP contribution in [0.5, 0.6) is 0 Å². The number of amides is 4. The molecule has 2 saturated heterocycles. The van der Waals surface area contributed by atoms with E-state index >= 15 is 0 Å². The fraction of sp³-hybridized carbons (Fsp3) is 0.625. The predicted molar refractivity (Wildman–Crippen MR) is 123 cm³/mol. The molecule has 1 spiro atoms. The van der Waals surface area contributed by atoms with E-state index in [2.05, 4.69) is 44.7 Å². The van der Waals surface area contributed by atoms with Crippen LogP contribution in [0.3, 0.4) is 0 Å². The lowest BCUT2D eigenvalue weighted by Crippen LogP contribution is -2.47. The molecule has 2 N–H and O–H groups in total. The number of nitrogens with zero attached hydrogens (tertiary/aromatic N) is 3. The molecule has 3 aliphatic rings. The highest BCUT2D eigenvalue weighted by Crippen LogP contribution is 2.35. The first kappa shape index (κ1) is 22.6. The standard InChI is InChI=1S/C24H35N5O3/c30-21(10-6-15-29-22(31)24(26-23(29)32)11-4-5-12-24)25-13-7-14-27-16-18-28(19-17-27)20-8-2-1-3-9-20/h1-3,8-9H,4-7,10-19H2,(H,25,30)(H,26,32). The Morgan fingerprint density at radius 3 is 2.41 bits per heavy atom. The van der Waals surface area contributed by atoms with Crippen LogP contribution in [0.2, 0.25) is 0 Å². The van der Waals surface area contributed by atoms with Crippen molar-refractivity contribution in [3.63, 3.8) is 0 Å². The highest BCUT2D eigenvalue weighted by molar-refractivity contribution is 6.07. The first-order chi connectivity index (χ1) is 15.6. The van der Waals surface area contributed by atoms with Crippen LogP contribution in [0.15, 0.2) is 30.3 Å². The van der Waals surface area contributed by atoms with Crippen molar-refractivity contribution in [3.8, 4) is 0 Å². The maximum Gasteiger partial charge on any atom is 0.325 e. The van der Waals surface area contributed by atoms with Crippen LogP contribution in [0.1, 0.15) is 44.9 Å². The molecule has 1 aliphatic carbocycles. The fourth-order valence-corrected chi connectivity index (χ4v) is 5.08. The van der Waals surface area contributed by atoms with Crippen LogP contribution >= 0.6 is 0 Å². The minimum atomic E-state index is -0.661. The van der Waals surface area contributed by atoms with Crippen molar-refractivity contribution in [3.05, 3.63) is 30.3 Å². The zero-order valence-electron chi connectivity index (χ0n) is 18.9. The first-order valence-electron chi connectivity index (χ1n) is 12.0. The maximum absolute atomic E-state index is 12.6. The largest absolute Gasteiger partial charge is 0.369 e. The van der Waals surface area contributed by atoms with Crippen molar-refractivity contribution in [2.24, 2.45) is 0 Å². The van der Waals surface area contributed by atoms with Crippen LogP contribution in [0.25, 0.3) is 0 Å². The number of hydrogen-bond acceptors (Lipinski definition) is 5. The molecule has 0 bridgehead atoms. The zero-order chi connectivity index (χ0) is 22.4. The number of piperazine rings is 1. The van der Waals surface area contributed by atoms with E-state index in [0.717, 1.165) is 64.8 Å². The predicted octanol–water partition coefficient (Wildman–Crippen LogP) is 1.96. The van der Waals surface area contributed by atoms with Crippen molar-refractivity contribution >= 4 is 23.5 Å². The first-order valence-corrected chi connectivity index (χ1v) is 12.0. The molecule has 0 unspecified atom stereocenters. The summed E-state index contributed by atoms with van der Waals surface area (Å²) in [5, 5.41) is 5.85. The molecule has 174 valence electrons. The third-order valence-electron chi connectivity index (χ3n) is 6.96. The molecule has 0 aromatic heterocycles. The average molecular weight is 442 g/mol. The van der Waals surface area contributed by atoms with Gasteiger partial charge in [0.25, 0.3) is 5.91 Å². The van der Waals surface area contributed by atoms with Gasteiger partial charge < -0.3 is 15.5 Å². The van der Waals surface area contributed by atoms with E-state index < -0.39 is 5.54 Å². The quantitative estimate of drug-likeness (QED) is 0.452. The van der Waals surface area contributed by atoms with Gasteiger partial charge in [-0.25, -0.2) is 4.79 Å². The van der Waals surface area contributed by atoms with Gasteiger partial charge in [0.15, 0.2) is 0 Å². The lowest BCUT2D eigenvalue weighted by Gasteiger charge is -2.36. The van der Waals surface area contributed by atoms with Gasteiger partial charge in [0, 0.05) is 51.4 Å². The average Bonchev–Trinajstić information content (AvgIpc) is 3.38. The molecule has 8 nitrogen and oxygen atoms in total. The lowest BCUT2D eigenvalue weighted by atomic mass is 9.98. The number of urea groups is 1. The van der Waals surface area contributed by atoms with Crippen molar-refractivity contribution < 1.29 is 14.4 Å². The second kappa shape index (κ2) is 10.3. The van der Waals surface area contributed by atoms with Crippen molar-refractivity contribution in [1.82, 2.24) is 20.4 Å². The van der Waals surface area contributed by atoms with Gasteiger partial charge in [-0.3, -0.25) is 19.4 Å². The van der Waals surface area contributed by atoms with Crippen LogP contribution in [-0.2, 0) is 9.59 Å². The number of carbonyl (C=O) groups excluding carboxylic acids is 3. The summed E-state index contributed by atoms with van der Waals surface area (Å²) in [5.74, 6) is -0.116.